The number of halogens is 4. The zero-order valence-electron chi connectivity index (χ0n) is 19.2. The van der Waals surface area contributed by atoms with Gasteiger partial charge in [-0.25, -0.2) is 22.0 Å². The number of anilines is 1. The molecular formula is C23H18ClF3N2O7S2. The number of primary sulfonamides is 1. The van der Waals surface area contributed by atoms with Crippen molar-refractivity contribution in [2.24, 2.45) is 5.14 Å². The molecule has 0 aliphatic heterocycles. The van der Waals surface area contributed by atoms with Crippen LogP contribution < -0.4 is 15.2 Å². The molecule has 0 saturated heterocycles. The van der Waals surface area contributed by atoms with Crippen molar-refractivity contribution in [2.75, 3.05) is 11.9 Å². The van der Waals surface area contributed by atoms with Crippen LogP contribution in [-0.4, -0.2) is 40.6 Å². The Morgan fingerprint density at radius 1 is 0.974 bits per heavy atom. The van der Waals surface area contributed by atoms with Gasteiger partial charge in [-0.05, 0) is 61.0 Å². The summed E-state index contributed by atoms with van der Waals surface area (Å²) in [5.41, 5.74) is -5.54. The van der Waals surface area contributed by atoms with Crippen LogP contribution >= 0.6 is 11.6 Å². The molecule has 202 valence electrons. The van der Waals surface area contributed by atoms with Gasteiger partial charge >= 0.3 is 5.51 Å². The van der Waals surface area contributed by atoms with Gasteiger partial charge in [0.05, 0.1) is 15.4 Å². The van der Waals surface area contributed by atoms with Crippen molar-refractivity contribution in [3.8, 4) is 5.75 Å². The first-order valence-corrected chi connectivity index (χ1v) is 13.7. The minimum absolute atomic E-state index is 0.0646. The Hall–Kier alpha value is -3.46. The van der Waals surface area contributed by atoms with E-state index in [0.717, 1.165) is 18.2 Å². The van der Waals surface area contributed by atoms with Crippen molar-refractivity contribution in [1.29, 1.82) is 0 Å². The van der Waals surface area contributed by atoms with Gasteiger partial charge in [-0.3, -0.25) is 9.59 Å². The highest BCUT2D eigenvalue weighted by Crippen LogP contribution is 2.32. The molecule has 0 fully saturated rings. The first kappa shape index (κ1) is 29.1. The molecule has 0 bridgehead atoms. The van der Waals surface area contributed by atoms with Crippen LogP contribution in [0.5, 0.6) is 5.75 Å². The molecule has 3 rings (SSSR count). The van der Waals surface area contributed by atoms with E-state index in [-0.39, 0.29) is 26.9 Å². The molecule has 38 heavy (non-hydrogen) atoms. The second kappa shape index (κ2) is 10.7. The lowest BCUT2D eigenvalue weighted by Crippen LogP contribution is -2.23. The summed E-state index contributed by atoms with van der Waals surface area (Å²) >= 11 is 5.96. The third-order valence-corrected chi connectivity index (χ3v) is 7.69. The molecule has 0 aromatic heterocycles. The molecule has 0 heterocycles. The first-order chi connectivity index (χ1) is 17.5. The summed E-state index contributed by atoms with van der Waals surface area (Å²) in [6.07, 6.45) is 0. The van der Waals surface area contributed by atoms with Gasteiger partial charge in [0.1, 0.15) is 5.75 Å². The van der Waals surface area contributed by atoms with Gasteiger partial charge in [-0.2, -0.15) is 13.2 Å². The number of nitrogens with two attached hydrogens (primary N) is 1. The van der Waals surface area contributed by atoms with E-state index in [1.54, 1.807) is 0 Å². The van der Waals surface area contributed by atoms with Crippen LogP contribution in [-0.2, 0) is 24.7 Å². The van der Waals surface area contributed by atoms with Crippen molar-refractivity contribution in [2.45, 2.75) is 22.2 Å². The highest BCUT2D eigenvalue weighted by Gasteiger charge is 2.47. The minimum Gasteiger partial charge on any atom is -0.483 e. The van der Waals surface area contributed by atoms with Crippen LogP contribution in [0.3, 0.4) is 0 Å². The topological polar surface area (TPSA) is 150 Å². The molecule has 0 saturated carbocycles. The number of alkyl halides is 3. The zero-order chi connectivity index (χ0) is 28.5. The Labute approximate surface area is 220 Å². The lowest BCUT2D eigenvalue weighted by Gasteiger charge is -2.13. The fourth-order valence-corrected chi connectivity index (χ4v) is 4.76. The molecule has 0 unspecified atom stereocenters. The molecule has 3 aromatic rings. The molecule has 1 amide bonds. The van der Waals surface area contributed by atoms with Gasteiger partial charge < -0.3 is 10.1 Å². The molecule has 0 aliphatic rings. The SMILES string of the molecule is Cc1cc(S(N)(=O)=O)ccc1NC(=O)COc1ccc(Cl)cc1C(=O)c1cccc(S(=O)(=O)C(F)(F)F)c1. The third-order valence-electron chi connectivity index (χ3n) is 5.06. The van der Waals surface area contributed by atoms with E-state index in [1.165, 1.54) is 37.3 Å². The number of amides is 1. The lowest BCUT2D eigenvalue weighted by atomic mass is 10.0. The maximum Gasteiger partial charge on any atom is 0.501 e. The summed E-state index contributed by atoms with van der Waals surface area (Å²) in [4.78, 5) is 24.2. The number of ether oxygens (including phenoxy) is 1. The summed E-state index contributed by atoms with van der Waals surface area (Å²) in [6.45, 7) is 0.912. The Morgan fingerprint density at radius 3 is 2.26 bits per heavy atom. The van der Waals surface area contributed by atoms with Gasteiger partial charge in [-0.15, -0.1) is 0 Å². The number of hydrogen-bond acceptors (Lipinski definition) is 7. The normalized spacial score (nSPS) is 12.2. The summed E-state index contributed by atoms with van der Waals surface area (Å²) in [6, 6.07) is 10.9. The van der Waals surface area contributed by atoms with Crippen LogP contribution in [0.2, 0.25) is 5.02 Å². The number of ketones is 1. The molecule has 3 N–H and O–H groups in total. The Bertz CT molecular complexity index is 1640. The number of hydrogen-bond donors (Lipinski definition) is 2. The van der Waals surface area contributed by atoms with E-state index in [1.807, 2.05) is 0 Å². The number of sulfonamides is 1. The summed E-state index contributed by atoms with van der Waals surface area (Å²) in [5.74, 6) is -1.75. The van der Waals surface area contributed by atoms with Crippen molar-refractivity contribution < 1.29 is 44.3 Å². The van der Waals surface area contributed by atoms with Crippen LogP contribution in [0.25, 0.3) is 0 Å². The standard InChI is InChI=1S/C23H18ClF3N2O7S2/c1-13-9-17(38(28,34)35)6-7-19(13)29-21(30)12-36-20-8-5-15(24)11-18(20)22(31)14-3-2-4-16(10-14)37(32,33)23(25,26)27/h2-11H,12H2,1H3,(H,29,30)(H2,28,34,35). The van der Waals surface area contributed by atoms with E-state index in [0.29, 0.717) is 17.7 Å². The van der Waals surface area contributed by atoms with Gasteiger partial charge in [0.15, 0.2) is 12.4 Å². The smallest absolute Gasteiger partial charge is 0.483 e. The highest BCUT2D eigenvalue weighted by atomic mass is 35.5. The predicted octanol–water partition coefficient (Wildman–Crippen LogP) is 3.84. The van der Waals surface area contributed by atoms with Gasteiger partial charge in [0.2, 0.25) is 10.0 Å². The van der Waals surface area contributed by atoms with Crippen LogP contribution in [0.4, 0.5) is 18.9 Å². The average molecular weight is 591 g/mol. The van der Waals surface area contributed by atoms with Crippen molar-refractivity contribution in [1.82, 2.24) is 0 Å². The van der Waals surface area contributed by atoms with Crippen LogP contribution in [0.15, 0.2) is 70.5 Å². The second-order valence-corrected chi connectivity index (χ2v) is 11.7. The van der Waals surface area contributed by atoms with Gasteiger partial charge in [0.25, 0.3) is 15.7 Å². The largest absolute Gasteiger partial charge is 0.501 e. The Kier molecular flexibility index (Phi) is 8.21. The van der Waals surface area contributed by atoms with Crippen molar-refractivity contribution in [3.05, 3.63) is 82.4 Å². The molecule has 0 atom stereocenters. The van der Waals surface area contributed by atoms with Gasteiger partial charge in [0, 0.05) is 16.3 Å². The first-order valence-electron chi connectivity index (χ1n) is 10.3. The Morgan fingerprint density at radius 2 is 1.66 bits per heavy atom. The minimum atomic E-state index is -5.70. The zero-order valence-corrected chi connectivity index (χ0v) is 21.6. The predicted molar refractivity (Wildman–Crippen MR) is 131 cm³/mol. The van der Waals surface area contributed by atoms with Crippen LogP contribution in [0, 0.1) is 6.92 Å². The molecular weight excluding hydrogens is 573 g/mol. The summed E-state index contributed by atoms with van der Waals surface area (Å²) in [7, 11) is -9.65. The molecule has 0 aliphatic carbocycles. The average Bonchev–Trinajstić information content (AvgIpc) is 2.82. The molecule has 0 radical (unpaired) electrons. The van der Waals surface area contributed by atoms with E-state index >= 15 is 0 Å². The number of carbonyl (C=O) groups excluding carboxylic acids is 2. The van der Waals surface area contributed by atoms with Crippen molar-refractivity contribution >= 4 is 48.8 Å². The monoisotopic (exact) mass is 590 g/mol. The highest BCUT2D eigenvalue weighted by molar-refractivity contribution is 7.92. The number of nitrogens with one attached hydrogen (secondary N) is 1. The van der Waals surface area contributed by atoms with E-state index < -0.39 is 54.1 Å². The molecule has 15 heteroatoms. The van der Waals surface area contributed by atoms with Gasteiger partial charge in [-0.1, -0.05) is 23.7 Å². The van der Waals surface area contributed by atoms with E-state index in [9.17, 15) is 39.6 Å². The summed E-state index contributed by atoms with van der Waals surface area (Å²) < 4.78 is 90.7. The fraction of sp³-hybridized carbons (Fsp3) is 0.130. The maximum absolute atomic E-state index is 13.1. The summed E-state index contributed by atoms with van der Waals surface area (Å²) in [5, 5.41) is 7.65. The number of benzene rings is 3. The number of sulfone groups is 1. The molecule has 3 aromatic carbocycles. The second-order valence-electron chi connectivity index (χ2n) is 7.81. The number of carbonyl (C=O) groups is 2. The fourth-order valence-electron chi connectivity index (χ4n) is 3.18. The number of aryl methyl sites for hydroxylation is 1. The lowest BCUT2D eigenvalue weighted by molar-refractivity contribution is -0.118. The third kappa shape index (κ3) is 6.51. The van der Waals surface area contributed by atoms with Crippen LogP contribution in [0.1, 0.15) is 21.5 Å². The molecule has 9 nitrogen and oxygen atoms in total. The van der Waals surface area contributed by atoms with Crippen molar-refractivity contribution in [3.63, 3.8) is 0 Å². The molecule has 0 spiro atoms. The Balaban J connectivity index is 1.82. The number of rotatable bonds is 8. The quantitative estimate of drug-likeness (QED) is 0.378. The van der Waals surface area contributed by atoms with E-state index in [4.69, 9.17) is 21.5 Å². The van der Waals surface area contributed by atoms with E-state index in [2.05, 4.69) is 5.32 Å². The maximum atomic E-state index is 13.1.